The van der Waals surface area contributed by atoms with Gasteiger partial charge in [-0.1, -0.05) is 42.1 Å². The molecule has 6 atom stereocenters. The van der Waals surface area contributed by atoms with E-state index in [-0.39, 0.29) is 12.2 Å². The molecule has 0 aliphatic carbocycles. The van der Waals surface area contributed by atoms with E-state index in [2.05, 4.69) is 35.4 Å². The number of ether oxygens (including phenoxy) is 1. The minimum Gasteiger partial charge on any atom is -0.779 e. The molecule has 4 N–H and O–H groups in total. The zero-order chi connectivity index (χ0) is 27.0. The third-order valence-electron chi connectivity index (χ3n) is 5.01. The van der Waals surface area contributed by atoms with Gasteiger partial charge in [0.2, 0.25) is 0 Å². The Hall–Kier alpha value is -1.68. The van der Waals surface area contributed by atoms with Crippen molar-refractivity contribution in [3.63, 3.8) is 0 Å². The van der Waals surface area contributed by atoms with Crippen LogP contribution in [0.5, 0.6) is 0 Å². The fourth-order valence-electron chi connectivity index (χ4n) is 3.54. The zero-order valence-electron chi connectivity index (χ0n) is 18.5. The van der Waals surface area contributed by atoms with E-state index in [1.165, 1.54) is 10.9 Å². The highest BCUT2D eigenvalue weighted by atomic mass is 32.5. The number of anilines is 1. The lowest BCUT2D eigenvalue weighted by atomic mass is 10.1. The minimum absolute atomic E-state index is 0.00698. The average Bonchev–Trinajstić information content (AvgIpc) is 3.34. The quantitative estimate of drug-likeness (QED) is 0.243. The number of benzene rings is 1. The Morgan fingerprint density at radius 2 is 1.89 bits per heavy atom. The smallest absolute Gasteiger partial charge is 0.279 e. The number of nitrogens with zero attached hydrogens (tertiary/aromatic N) is 4. The van der Waals surface area contributed by atoms with Crippen LogP contribution in [-0.2, 0) is 45.2 Å². The van der Waals surface area contributed by atoms with Crippen molar-refractivity contribution in [1.29, 1.82) is 0 Å². The molecule has 20 heteroatoms. The van der Waals surface area contributed by atoms with Crippen molar-refractivity contribution in [3.8, 4) is 0 Å². The maximum absolute atomic E-state index is 12.2. The molecule has 1 fully saturated rings. The fraction of sp³-hybridized carbons (Fsp3) is 0.353. The minimum atomic E-state index is -5.84. The highest BCUT2D eigenvalue weighted by Gasteiger charge is 2.37. The summed E-state index contributed by atoms with van der Waals surface area (Å²) in [7, 11) is -11.6. The SMILES string of the molecule is Nc1nc(Cc2ccccc2)nc2c1ncn2[C@H]1C[C@H](O)[C@@H](COP([O-])(=S)OP(=O)([O-])OP(=O)([O-])O)O1. The Balaban J connectivity index is 1.45. The number of phosphoric acid groups is 2. The lowest BCUT2D eigenvalue weighted by Crippen LogP contribution is -2.27. The van der Waals surface area contributed by atoms with Gasteiger partial charge in [-0.15, -0.1) is 0 Å². The highest BCUT2D eigenvalue weighted by molar-refractivity contribution is 8.07. The van der Waals surface area contributed by atoms with E-state index < -0.39 is 47.4 Å². The molecule has 0 saturated carbocycles. The van der Waals surface area contributed by atoms with Crippen molar-refractivity contribution in [1.82, 2.24) is 19.5 Å². The van der Waals surface area contributed by atoms with E-state index in [9.17, 15) is 28.9 Å². The van der Waals surface area contributed by atoms with E-state index in [1.54, 1.807) is 0 Å². The van der Waals surface area contributed by atoms with Gasteiger partial charge in [0.1, 0.15) is 30.4 Å². The first-order valence-corrected chi connectivity index (χ1v) is 15.8. The third kappa shape index (κ3) is 7.46. The summed E-state index contributed by atoms with van der Waals surface area (Å²) in [6.07, 6.45) is -1.36. The van der Waals surface area contributed by atoms with Gasteiger partial charge in [-0.25, -0.2) is 19.3 Å². The fourth-order valence-corrected chi connectivity index (χ4v) is 7.36. The number of nitrogen functional groups attached to an aromatic ring is 1. The van der Waals surface area contributed by atoms with Gasteiger partial charge in [0.15, 0.2) is 11.5 Å². The monoisotopic (exact) mass is 594 g/mol. The molecule has 37 heavy (non-hydrogen) atoms. The Morgan fingerprint density at radius 3 is 2.57 bits per heavy atom. The molecule has 2 aromatic heterocycles. The Labute approximate surface area is 214 Å². The van der Waals surface area contributed by atoms with Crippen LogP contribution >= 0.6 is 22.4 Å². The number of aliphatic hydroxyl groups excluding tert-OH is 1. The van der Waals surface area contributed by atoms with E-state index in [0.717, 1.165) is 5.56 Å². The van der Waals surface area contributed by atoms with Crippen LogP contribution in [0.2, 0.25) is 0 Å². The van der Waals surface area contributed by atoms with Gasteiger partial charge in [0.05, 0.1) is 19.0 Å². The molecular weight excluding hydrogens is 575 g/mol. The molecule has 1 aliphatic rings. The van der Waals surface area contributed by atoms with E-state index >= 15 is 0 Å². The topological polar surface area (TPSA) is 250 Å². The number of fused-ring (bicyclic) bond motifs is 1. The largest absolute Gasteiger partial charge is 0.779 e. The molecule has 3 unspecified atom stereocenters. The van der Waals surface area contributed by atoms with Crippen molar-refractivity contribution in [2.45, 2.75) is 31.3 Å². The molecule has 202 valence electrons. The number of rotatable bonds is 10. The number of hydrogen-bond acceptors (Lipinski definition) is 15. The normalized spacial score (nSPS) is 24.9. The molecule has 3 heterocycles. The molecule has 1 aromatic carbocycles. The molecule has 4 rings (SSSR count). The van der Waals surface area contributed by atoms with Gasteiger partial charge in [0.25, 0.3) is 15.6 Å². The van der Waals surface area contributed by atoms with Gasteiger partial charge < -0.3 is 39.7 Å². The highest BCUT2D eigenvalue weighted by Crippen LogP contribution is 2.61. The van der Waals surface area contributed by atoms with E-state index in [4.69, 9.17) is 19.9 Å². The van der Waals surface area contributed by atoms with E-state index in [1.807, 2.05) is 30.3 Å². The molecule has 3 aromatic rings. The van der Waals surface area contributed by atoms with Crippen LogP contribution in [0, 0.1) is 0 Å². The Bertz CT molecular complexity index is 1420. The number of aliphatic hydroxyl groups is 1. The Morgan fingerprint density at radius 1 is 1.19 bits per heavy atom. The lowest BCUT2D eigenvalue weighted by Gasteiger charge is -2.35. The molecule has 0 radical (unpaired) electrons. The van der Waals surface area contributed by atoms with Crippen LogP contribution in [0.4, 0.5) is 5.82 Å². The second-order valence-corrected chi connectivity index (χ2v) is 13.4. The summed E-state index contributed by atoms with van der Waals surface area (Å²) in [6, 6.07) is 9.45. The number of nitrogens with two attached hydrogens (primary N) is 1. The van der Waals surface area contributed by atoms with Crippen LogP contribution in [0.15, 0.2) is 36.7 Å². The number of aromatic nitrogens is 4. The summed E-state index contributed by atoms with van der Waals surface area (Å²) in [5.74, 6) is 0.572. The maximum Gasteiger partial charge on any atom is 0.279 e. The molecular formula is C17H19N5O11P3S-3. The van der Waals surface area contributed by atoms with Gasteiger partial charge in [-0.2, -0.15) is 0 Å². The Kier molecular flexibility index (Phi) is 8.29. The van der Waals surface area contributed by atoms with Crippen molar-refractivity contribution >= 4 is 51.2 Å². The summed E-state index contributed by atoms with van der Waals surface area (Å²) in [5.41, 5.74) is 7.66. The first kappa shape index (κ1) is 28.3. The summed E-state index contributed by atoms with van der Waals surface area (Å²) < 4.78 is 41.3. The molecule has 0 amide bonds. The van der Waals surface area contributed by atoms with Gasteiger partial charge in [0, 0.05) is 12.8 Å². The molecule has 0 spiro atoms. The average molecular weight is 594 g/mol. The molecule has 16 nitrogen and oxygen atoms in total. The zero-order valence-corrected chi connectivity index (χ0v) is 22.0. The van der Waals surface area contributed by atoms with Crippen LogP contribution in [-0.4, -0.2) is 48.3 Å². The molecule has 1 aliphatic heterocycles. The molecule has 1 saturated heterocycles. The van der Waals surface area contributed by atoms with Crippen LogP contribution < -0.4 is 20.4 Å². The van der Waals surface area contributed by atoms with E-state index in [0.29, 0.717) is 23.4 Å². The molecule has 0 bridgehead atoms. The lowest BCUT2D eigenvalue weighted by molar-refractivity contribution is -0.244. The second kappa shape index (κ2) is 10.8. The second-order valence-electron chi connectivity index (χ2n) is 7.77. The number of imidazole rings is 1. The van der Waals surface area contributed by atoms with Gasteiger partial charge in [-0.3, -0.25) is 18.0 Å². The predicted molar refractivity (Wildman–Crippen MR) is 123 cm³/mol. The third-order valence-corrected chi connectivity index (χ3v) is 9.62. The predicted octanol–water partition coefficient (Wildman–Crippen LogP) is -0.789. The maximum atomic E-state index is 12.2. The van der Waals surface area contributed by atoms with Crippen LogP contribution in [0.3, 0.4) is 0 Å². The van der Waals surface area contributed by atoms with Crippen LogP contribution in [0.25, 0.3) is 11.2 Å². The van der Waals surface area contributed by atoms with Crippen LogP contribution in [0.1, 0.15) is 24.0 Å². The standard InChI is InChI=1S/C17H22N5O11P3S/c18-16-15-17(21-13(20-16)6-10-4-2-1-3-5-10)22(9-19-15)14-7-11(23)12(31-14)8-30-36(29,37)33-35(27,28)32-34(24,25)26/h1-5,9,11-12,14,23H,6-8H2,(H,27,28)(H,29,37)(H2,18,20,21)(H2,24,25,26)/p-3/t11-,12+,14+,36?/m0/s1. The first-order valence-electron chi connectivity index (χ1n) is 10.3. The summed E-state index contributed by atoms with van der Waals surface area (Å²) in [4.78, 5) is 55.7. The van der Waals surface area contributed by atoms with Crippen molar-refractivity contribution < 1.29 is 51.7 Å². The van der Waals surface area contributed by atoms with Gasteiger partial charge in [-0.05, 0) is 5.56 Å². The van der Waals surface area contributed by atoms with Gasteiger partial charge >= 0.3 is 0 Å². The van der Waals surface area contributed by atoms with Crippen molar-refractivity contribution in [3.05, 3.63) is 48.0 Å². The van der Waals surface area contributed by atoms with Crippen molar-refractivity contribution in [2.24, 2.45) is 0 Å². The van der Waals surface area contributed by atoms with Crippen molar-refractivity contribution in [2.75, 3.05) is 12.3 Å². The summed E-state index contributed by atoms with van der Waals surface area (Å²) in [6.45, 7) is -5.58. The first-order chi connectivity index (χ1) is 17.2. The number of hydrogen-bond donors (Lipinski definition) is 3. The summed E-state index contributed by atoms with van der Waals surface area (Å²) in [5, 5.41) is 10.4. The summed E-state index contributed by atoms with van der Waals surface area (Å²) >= 11 is 4.41.